The summed E-state index contributed by atoms with van der Waals surface area (Å²) in [4.78, 5) is 4.58. The zero-order valence-corrected chi connectivity index (χ0v) is 17.2. The third-order valence-corrected chi connectivity index (χ3v) is 4.04. The van der Waals surface area contributed by atoms with E-state index in [1.165, 1.54) is 0 Å². The summed E-state index contributed by atoms with van der Waals surface area (Å²) in [5.41, 5.74) is 0.938. The molecule has 0 amide bonds. The molecule has 0 spiro atoms. The molecule has 0 radical (unpaired) electrons. The van der Waals surface area contributed by atoms with Crippen LogP contribution in [-0.2, 0) is 0 Å². The minimum atomic E-state index is 0. The minimum Gasteiger partial charge on any atom is -0.490 e. The third-order valence-electron chi connectivity index (χ3n) is 3.10. The summed E-state index contributed by atoms with van der Waals surface area (Å²) >= 11 is 1.82. The fourth-order valence-corrected chi connectivity index (χ4v) is 2.63. The van der Waals surface area contributed by atoms with Gasteiger partial charge in [0.25, 0.3) is 0 Å². The van der Waals surface area contributed by atoms with E-state index in [0.717, 1.165) is 54.2 Å². The topological polar surface area (TPSA) is 54.9 Å². The molecule has 7 heteroatoms. The van der Waals surface area contributed by atoms with Gasteiger partial charge in [-0.05, 0) is 19.1 Å². The second-order valence-electron chi connectivity index (χ2n) is 4.96. The van der Waals surface area contributed by atoms with E-state index in [1.54, 1.807) is 0 Å². The van der Waals surface area contributed by atoms with Crippen molar-refractivity contribution in [1.82, 2.24) is 5.32 Å². The van der Waals surface area contributed by atoms with Crippen molar-refractivity contribution < 1.29 is 9.47 Å². The number of aliphatic imine (C=N–C) groups is 1. The van der Waals surface area contributed by atoms with Crippen molar-refractivity contribution >= 4 is 47.4 Å². The van der Waals surface area contributed by atoms with Gasteiger partial charge >= 0.3 is 0 Å². The van der Waals surface area contributed by atoms with E-state index in [-0.39, 0.29) is 24.0 Å². The monoisotopic (exact) mass is 463 g/mol. The highest BCUT2D eigenvalue weighted by Gasteiger charge is 2.11. The van der Waals surface area contributed by atoms with Crippen LogP contribution in [0.3, 0.4) is 0 Å². The number of hydrogen-bond donors (Lipinski definition) is 2. The Hall–Kier alpha value is -1.09. The van der Waals surface area contributed by atoms with Crippen LogP contribution in [0.5, 0.6) is 11.5 Å². The second kappa shape index (κ2) is 12.3. The predicted octanol–water partition coefficient (Wildman–Crippen LogP) is 3.76. The molecule has 0 saturated heterocycles. The number of nitrogens with zero attached hydrogens (tertiary/aromatic N) is 1. The summed E-state index contributed by atoms with van der Waals surface area (Å²) in [6, 6.07) is 5.87. The average molecular weight is 463 g/mol. The molecule has 1 aliphatic heterocycles. The van der Waals surface area contributed by atoms with E-state index in [2.05, 4.69) is 29.1 Å². The largest absolute Gasteiger partial charge is 0.490 e. The molecule has 134 valence electrons. The summed E-state index contributed by atoms with van der Waals surface area (Å²) in [5.74, 6) is 4.30. The number of ether oxygens (including phenoxy) is 2. The lowest BCUT2D eigenvalue weighted by Gasteiger charge is -2.13. The van der Waals surface area contributed by atoms with Gasteiger partial charge in [-0.1, -0.05) is 6.08 Å². The maximum Gasteiger partial charge on any atom is 0.195 e. The van der Waals surface area contributed by atoms with Crippen LogP contribution in [0.2, 0.25) is 0 Å². The Labute approximate surface area is 165 Å². The standard InChI is InChI=1S/C17H25N3O2S.HI/c1-3-11-23-12-8-19-17(18-4-2)20-14-6-7-15-16(13-14)22-10-5-9-21-15;/h3,6-7,13H,1,4-5,8-12H2,2H3,(H2,18,19,20);1H. The maximum atomic E-state index is 5.72. The van der Waals surface area contributed by atoms with E-state index in [1.807, 2.05) is 36.0 Å². The number of rotatable bonds is 7. The van der Waals surface area contributed by atoms with Crippen LogP contribution in [0, 0.1) is 0 Å². The second-order valence-corrected chi connectivity index (χ2v) is 6.11. The smallest absolute Gasteiger partial charge is 0.195 e. The van der Waals surface area contributed by atoms with Crippen LogP contribution < -0.4 is 20.1 Å². The van der Waals surface area contributed by atoms with Crippen molar-refractivity contribution in [3.63, 3.8) is 0 Å². The van der Waals surface area contributed by atoms with Crippen LogP contribution in [0.1, 0.15) is 13.3 Å². The van der Waals surface area contributed by atoms with Crippen LogP contribution in [-0.4, -0.2) is 43.8 Å². The Morgan fingerprint density at radius 2 is 2.12 bits per heavy atom. The van der Waals surface area contributed by atoms with Gasteiger partial charge in [-0.2, -0.15) is 11.8 Å². The predicted molar refractivity (Wildman–Crippen MR) is 115 cm³/mol. The lowest BCUT2D eigenvalue weighted by Crippen LogP contribution is -2.30. The van der Waals surface area contributed by atoms with E-state index >= 15 is 0 Å². The number of benzene rings is 1. The summed E-state index contributed by atoms with van der Waals surface area (Å²) in [6.45, 7) is 8.73. The molecule has 0 atom stereocenters. The Kier molecular flexibility index (Phi) is 10.7. The molecule has 1 aromatic carbocycles. The molecule has 0 saturated carbocycles. The summed E-state index contributed by atoms with van der Waals surface area (Å²) in [7, 11) is 0. The number of thioether (sulfide) groups is 1. The lowest BCUT2D eigenvalue weighted by molar-refractivity contribution is 0.297. The number of fused-ring (bicyclic) bond motifs is 1. The van der Waals surface area contributed by atoms with Gasteiger partial charge in [0.1, 0.15) is 0 Å². The van der Waals surface area contributed by atoms with Crippen molar-refractivity contribution in [2.24, 2.45) is 4.99 Å². The van der Waals surface area contributed by atoms with E-state index in [4.69, 9.17) is 9.47 Å². The van der Waals surface area contributed by atoms with Crippen molar-refractivity contribution in [2.45, 2.75) is 13.3 Å². The number of halogens is 1. The number of nitrogens with one attached hydrogen (secondary N) is 2. The fraction of sp³-hybridized carbons (Fsp3) is 0.471. The van der Waals surface area contributed by atoms with Gasteiger partial charge in [0, 0.05) is 36.2 Å². The van der Waals surface area contributed by atoms with Gasteiger partial charge in [0.15, 0.2) is 17.5 Å². The number of hydrogen-bond acceptors (Lipinski definition) is 4. The summed E-state index contributed by atoms with van der Waals surface area (Å²) < 4.78 is 11.4. The van der Waals surface area contributed by atoms with Gasteiger partial charge in [-0.3, -0.25) is 4.99 Å². The highest BCUT2D eigenvalue weighted by molar-refractivity contribution is 14.0. The van der Waals surface area contributed by atoms with E-state index in [0.29, 0.717) is 13.2 Å². The molecule has 24 heavy (non-hydrogen) atoms. The highest BCUT2D eigenvalue weighted by atomic mass is 127. The number of anilines is 1. The first-order valence-corrected chi connectivity index (χ1v) is 9.12. The summed E-state index contributed by atoms with van der Waals surface area (Å²) in [5, 5.41) is 6.57. The molecular weight excluding hydrogens is 437 g/mol. The lowest BCUT2D eigenvalue weighted by atomic mass is 10.3. The van der Waals surface area contributed by atoms with E-state index < -0.39 is 0 Å². The number of guanidine groups is 1. The first-order chi connectivity index (χ1) is 11.3. The van der Waals surface area contributed by atoms with Crippen molar-refractivity contribution in [3.05, 3.63) is 30.9 Å². The molecule has 1 aromatic rings. The van der Waals surface area contributed by atoms with Gasteiger partial charge < -0.3 is 20.1 Å². The molecule has 1 aliphatic rings. The molecule has 0 fully saturated rings. The third kappa shape index (κ3) is 7.21. The molecule has 2 N–H and O–H groups in total. The first kappa shape index (κ1) is 21.0. The van der Waals surface area contributed by atoms with Crippen molar-refractivity contribution in [2.75, 3.05) is 43.1 Å². The fourth-order valence-electron chi connectivity index (χ4n) is 2.07. The Bertz CT molecular complexity index is 541. The average Bonchev–Trinajstić information content (AvgIpc) is 2.79. The maximum absolute atomic E-state index is 5.72. The van der Waals surface area contributed by atoms with Crippen molar-refractivity contribution in [3.8, 4) is 11.5 Å². The Morgan fingerprint density at radius 3 is 2.88 bits per heavy atom. The zero-order valence-electron chi connectivity index (χ0n) is 14.0. The molecule has 0 aliphatic carbocycles. The van der Waals surface area contributed by atoms with Gasteiger partial charge in [0.05, 0.1) is 19.8 Å². The zero-order chi connectivity index (χ0) is 16.3. The van der Waals surface area contributed by atoms with Crippen LogP contribution >= 0.6 is 35.7 Å². The minimum absolute atomic E-state index is 0. The molecule has 2 rings (SSSR count). The highest BCUT2D eigenvalue weighted by Crippen LogP contribution is 2.32. The quantitative estimate of drug-likeness (QED) is 0.212. The van der Waals surface area contributed by atoms with Gasteiger partial charge in [0.2, 0.25) is 0 Å². The molecule has 5 nitrogen and oxygen atoms in total. The molecular formula is C17H26IN3O2S. The first-order valence-electron chi connectivity index (χ1n) is 7.97. The van der Waals surface area contributed by atoms with Gasteiger partial charge in [-0.15, -0.1) is 30.6 Å². The van der Waals surface area contributed by atoms with Crippen LogP contribution in [0.4, 0.5) is 5.69 Å². The van der Waals surface area contributed by atoms with E-state index in [9.17, 15) is 0 Å². The SMILES string of the molecule is C=CCSCCN=C(NCC)Nc1ccc2c(c1)OCCCO2.I. The van der Waals surface area contributed by atoms with Gasteiger partial charge in [-0.25, -0.2) is 0 Å². The van der Waals surface area contributed by atoms with Crippen LogP contribution in [0.25, 0.3) is 0 Å². The molecule has 0 unspecified atom stereocenters. The summed E-state index contributed by atoms with van der Waals surface area (Å²) in [6.07, 6.45) is 2.82. The van der Waals surface area contributed by atoms with Crippen molar-refractivity contribution in [1.29, 1.82) is 0 Å². The Morgan fingerprint density at radius 1 is 1.33 bits per heavy atom. The molecule has 1 heterocycles. The molecule has 0 aromatic heterocycles. The normalized spacial score (nSPS) is 13.5. The Balaban J connectivity index is 0.00000288. The van der Waals surface area contributed by atoms with Crippen LogP contribution in [0.15, 0.2) is 35.8 Å². The molecule has 0 bridgehead atoms.